The SMILES string of the molecule is Cc1ccsc1C(=NOCCN1CCCC(C(=O)O)C1)c1cccs1.Cl. The second-order valence-electron chi connectivity index (χ2n) is 6.16. The molecule has 0 spiro atoms. The van der Waals surface area contributed by atoms with Crippen LogP contribution < -0.4 is 0 Å². The van der Waals surface area contributed by atoms with Crippen LogP contribution in [0, 0.1) is 12.8 Å². The number of hydrogen-bond acceptors (Lipinski definition) is 6. The van der Waals surface area contributed by atoms with Crippen molar-refractivity contribution >= 4 is 46.8 Å². The molecular formula is C18H23ClN2O3S2. The summed E-state index contributed by atoms with van der Waals surface area (Å²) in [6, 6.07) is 6.15. The zero-order valence-electron chi connectivity index (χ0n) is 14.6. The van der Waals surface area contributed by atoms with Crippen LogP contribution in [0.25, 0.3) is 0 Å². The van der Waals surface area contributed by atoms with Crippen LogP contribution in [0.2, 0.25) is 0 Å². The summed E-state index contributed by atoms with van der Waals surface area (Å²) in [5, 5.41) is 17.7. The Hall–Kier alpha value is -1.41. The molecule has 1 aliphatic heterocycles. The summed E-state index contributed by atoms with van der Waals surface area (Å²) in [7, 11) is 0. The highest BCUT2D eigenvalue weighted by atomic mass is 35.5. The molecule has 0 bridgehead atoms. The van der Waals surface area contributed by atoms with E-state index >= 15 is 0 Å². The van der Waals surface area contributed by atoms with Crippen molar-refractivity contribution in [1.82, 2.24) is 4.90 Å². The summed E-state index contributed by atoms with van der Waals surface area (Å²) in [5.74, 6) is -0.954. The quantitative estimate of drug-likeness (QED) is 0.420. The van der Waals surface area contributed by atoms with Crippen molar-refractivity contribution in [3.63, 3.8) is 0 Å². The molecule has 2 aromatic heterocycles. The van der Waals surface area contributed by atoms with Gasteiger partial charge in [0.15, 0.2) is 0 Å². The minimum atomic E-state index is -0.697. The van der Waals surface area contributed by atoms with E-state index in [0.717, 1.165) is 34.9 Å². The molecule has 3 rings (SSSR count). The molecule has 1 saturated heterocycles. The van der Waals surface area contributed by atoms with E-state index in [9.17, 15) is 4.79 Å². The maximum Gasteiger partial charge on any atom is 0.307 e. The van der Waals surface area contributed by atoms with Crippen molar-refractivity contribution in [2.75, 3.05) is 26.2 Å². The van der Waals surface area contributed by atoms with Gasteiger partial charge in [-0.2, -0.15) is 0 Å². The lowest BCUT2D eigenvalue weighted by Gasteiger charge is -2.29. The topological polar surface area (TPSA) is 62.1 Å². The van der Waals surface area contributed by atoms with Gasteiger partial charge in [0.05, 0.1) is 15.7 Å². The molecule has 1 atom stereocenters. The van der Waals surface area contributed by atoms with Gasteiger partial charge in [0.25, 0.3) is 0 Å². The van der Waals surface area contributed by atoms with E-state index in [1.165, 1.54) is 5.56 Å². The van der Waals surface area contributed by atoms with E-state index < -0.39 is 5.97 Å². The van der Waals surface area contributed by atoms with Crippen LogP contribution in [0.3, 0.4) is 0 Å². The molecule has 1 aliphatic rings. The van der Waals surface area contributed by atoms with Crippen molar-refractivity contribution in [3.05, 3.63) is 44.3 Å². The average molecular weight is 415 g/mol. The van der Waals surface area contributed by atoms with Crippen LogP contribution in [-0.4, -0.2) is 47.9 Å². The van der Waals surface area contributed by atoms with Crippen molar-refractivity contribution < 1.29 is 14.7 Å². The molecule has 1 unspecified atom stereocenters. The Kier molecular flexibility index (Phi) is 8.09. The maximum atomic E-state index is 11.1. The van der Waals surface area contributed by atoms with Gasteiger partial charge >= 0.3 is 5.97 Å². The number of halogens is 1. The Morgan fingerprint density at radius 2 is 2.23 bits per heavy atom. The first-order chi connectivity index (χ1) is 12.1. The van der Waals surface area contributed by atoms with Crippen molar-refractivity contribution in [1.29, 1.82) is 0 Å². The van der Waals surface area contributed by atoms with Gasteiger partial charge in [-0.1, -0.05) is 11.2 Å². The summed E-state index contributed by atoms with van der Waals surface area (Å²) in [6.45, 7) is 4.78. The molecule has 2 aromatic rings. The predicted octanol–water partition coefficient (Wildman–Crippen LogP) is 4.11. The lowest BCUT2D eigenvalue weighted by atomic mass is 9.98. The highest BCUT2D eigenvalue weighted by Crippen LogP contribution is 2.23. The van der Waals surface area contributed by atoms with E-state index in [4.69, 9.17) is 9.94 Å². The number of nitrogens with zero attached hydrogens (tertiary/aromatic N) is 2. The van der Waals surface area contributed by atoms with Crippen LogP contribution in [0.15, 0.2) is 34.1 Å². The molecule has 0 saturated carbocycles. The zero-order chi connectivity index (χ0) is 17.6. The summed E-state index contributed by atoms with van der Waals surface area (Å²) in [6.07, 6.45) is 1.69. The van der Waals surface area contributed by atoms with Crippen LogP contribution in [0.5, 0.6) is 0 Å². The van der Waals surface area contributed by atoms with E-state index in [-0.39, 0.29) is 18.3 Å². The minimum Gasteiger partial charge on any atom is -0.481 e. The van der Waals surface area contributed by atoms with Crippen molar-refractivity contribution in [2.45, 2.75) is 19.8 Å². The lowest BCUT2D eigenvalue weighted by molar-refractivity contribution is -0.143. The molecule has 26 heavy (non-hydrogen) atoms. The first-order valence-electron chi connectivity index (χ1n) is 8.38. The summed E-state index contributed by atoms with van der Waals surface area (Å²) < 4.78 is 0. The van der Waals surface area contributed by atoms with Gasteiger partial charge in [-0.05, 0) is 54.8 Å². The fourth-order valence-corrected chi connectivity index (χ4v) is 4.66. The highest BCUT2D eigenvalue weighted by molar-refractivity contribution is 7.16. The molecule has 142 valence electrons. The van der Waals surface area contributed by atoms with Crippen molar-refractivity contribution in [2.24, 2.45) is 11.1 Å². The number of carboxylic acid groups (broad SMARTS) is 1. The number of thiophene rings is 2. The fraction of sp³-hybridized carbons (Fsp3) is 0.444. The summed E-state index contributed by atoms with van der Waals surface area (Å²) in [5.41, 5.74) is 2.07. The van der Waals surface area contributed by atoms with E-state index in [2.05, 4.69) is 28.4 Å². The molecule has 0 radical (unpaired) electrons. The maximum absolute atomic E-state index is 11.1. The number of carboxylic acids is 1. The summed E-state index contributed by atoms with van der Waals surface area (Å²) >= 11 is 3.31. The van der Waals surface area contributed by atoms with E-state index in [0.29, 0.717) is 19.7 Å². The normalized spacial score (nSPS) is 18.3. The molecule has 3 heterocycles. The summed E-state index contributed by atoms with van der Waals surface area (Å²) in [4.78, 5) is 21.1. The molecule has 0 aromatic carbocycles. The fourth-order valence-electron chi connectivity index (χ4n) is 2.97. The van der Waals surface area contributed by atoms with Crippen LogP contribution >= 0.6 is 35.1 Å². The Morgan fingerprint density at radius 3 is 2.88 bits per heavy atom. The minimum absolute atomic E-state index is 0. The lowest BCUT2D eigenvalue weighted by Crippen LogP contribution is -2.40. The van der Waals surface area contributed by atoms with Gasteiger partial charge in [-0.3, -0.25) is 9.69 Å². The number of piperidine rings is 1. The molecular weight excluding hydrogens is 392 g/mol. The van der Waals surface area contributed by atoms with Gasteiger partial charge in [0, 0.05) is 13.1 Å². The number of aliphatic carboxylic acids is 1. The Bertz CT molecular complexity index is 731. The van der Waals surface area contributed by atoms with E-state index in [1.807, 2.05) is 17.5 Å². The first-order valence-corrected chi connectivity index (χ1v) is 10.1. The average Bonchev–Trinajstić information content (AvgIpc) is 3.27. The smallest absolute Gasteiger partial charge is 0.307 e. The van der Waals surface area contributed by atoms with Crippen molar-refractivity contribution in [3.8, 4) is 0 Å². The van der Waals surface area contributed by atoms with Crippen LogP contribution in [0.4, 0.5) is 0 Å². The Labute approximate surface area is 167 Å². The second kappa shape index (κ2) is 10.1. The number of carbonyl (C=O) groups is 1. The van der Waals surface area contributed by atoms with Gasteiger partial charge in [0.2, 0.25) is 0 Å². The molecule has 1 N–H and O–H groups in total. The Morgan fingerprint density at radius 1 is 1.38 bits per heavy atom. The first kappa shape index (κ1) is 20.9. The standard InChI is InChI=1S/C18H22N2O3S2.ClH/c1-13-6-11-25-17(13)16(15-5-3-10-24-15)19-23-9-8-20-7-2-4-14(12-20)18(21)22;/h3,5-6,10-11,14H,2,4,7-9,12H2,1H3,(H,21,22);1H. The molecule has 0 aliphatic carbocycles. The third-order valence-electron chi connectivity index (χ3n) is 4.34. The monoisotopic (exact) mass is 414 g/mol. The van der Waals surface area contributed by atoms with Crippen LogP contribution in [0.1, 0.15) is 28.2 Å². The largest absolute Gasteiger partial charge is 0.481 e. The molecule has 5 nitrogen and oxygen atoms in total. The number of oxime groups is 1. The van der Waals surface area contributed by atoms with Crippen LogP contribution in [-0.2, 0) is 9.63 Å². The number of hydrogen-bond donors (Lipinski definition) is 1. The Balaban J connectivity index is 0.00000243. The highest BCUT2D eigenvalue weighted by Gasteiger charge is 2.25. The molecule has 8 heteroatoms. The van der Waals surface area contributed by atoms with E-state index in [1.54, 1.807) is 22.7 Å². The second-order valence-corrected chi connectivity index (χ2v) is 8.02. The van der Waals surface area contributed by atoms with Gasteiger partial charge in [-0.25, -0.2) is 0 Å². The predicted molar refractivity (Wildman–Crippen MR) is 109 cm³/mol. The third-order valence-corrected chi connectivity index (χ3v) is 6.24. The molecule has 1 fully saturated rings. The zero-order valence-corrected chi connectivity index (χ0v) is 17.0. The number of aryl methyl sites for hydroxylation is 1. The van der Waals surface area contributed by atoms with Gasteiger partial charge in [0.1, 0.15) is 12.3 Å². The number of likely N-dealkylation sites (tertiary alicyclic amines) is 1. The van der Waals surface area contributed by atoms with Gasteiger partial charge < -0.3 is 9.94 Å². The van der Waals surface area contributed by atoms with Gasteiger partial charge in [-0.15, -0.1) is 35.1 Å². The molecule has 0 amide bonds. The number of rotatable bonds is 7. The third kappa shape index (κ3) is 5.30.